The number of benzene rings is 1. The first-order valence-electron chi connectivity index (χ1n) is 8.02. The van der Waals surface area contributed by atoms with Crippen LogP contribution in [0, 0.1) is 10.8 Å². The highest BCUT2D eigenvalue weighted by atomic mass is 16.4. The van der Waals surface area contributed by atoms with E-state index in [9.17, 15) is 29.7 Å². The van der Waals surface area contributed by atoms with Crippen LogP contribution in [-0.4, -0.2) is 33.2 Å². The maximum atomic E-state index is 12.0. The van der Waals surface area contributed by atoms with Gasteiger partial charge in [0.2, 0.25) is 0 Å². The molecule has 0 fully saturated rings. The van der Waals surface area contributed by atoms with E-state index in [4.69, 9.17) is 0 Å². The van der Waals surface area contributed by atoms with Crippen LogP contribution in [0.15, 0.2) is 6.07 Å². The molecule has 0 aliphatic heterocycles. The monoisotopic (exact) mass is 350 g/mol. The lowest BCUT2D eigenvalue weighted by Crippen LogP contribution is -2.24. The fourth-order valence-electron chi connectivity index (χ4n) is 2.84. The Kier molecular flexibility index (Phi) is 5.67. The zero-order chi connectivity index (χ0) is 19.7. The third kappa shape index (κ3) is 5.31. The largest absolute Gasteiger partial charge is 0.478 e. The van der Waals surface area contributed by atoms with Crippen molar-refractivity contribution in [1.82, 2.24) is 0 Å². The van der Waals surface area contributed by atoms with E-state index in [-0.39, 0.29) is 51.5 Å². The molecule has 6 nitrogen and oxygen atoms in total. The van der Waals surface area contributed by atoms with Crippen LogP contribution >= 0.6 is 0 Å². The second-order valence-electron chi connectivity index (χ2n) is 8.69. The first-order valence-corrected chi connectivity index (χ1v) is 8.02. The number of carbonyl (C=O) groups is 3. The highest BCUT2D eigenvalue weighted by Crippen LogP contribution is 2.34. The summed E-state index contributed by atoms with van der Waals surface area (Å²) in [5.74, 6) is -3.96. The minimum Gasteiger partial charge on any atom is -0.478 e. The van der Waals surface area contributed by atoms with Crippen LogP contribution in [0.1, 0.15) is 83.7 Å². The van der Waals surface area contributed by atoms with E-state index in [1.807, 2.05) is 41.5 Å². The third-order valence-electron chi connectivity index (χ3n) is 3.63. The van der Waals surface area contributed by atoms with Gasteiger partial charge in [0, 0.05) is 0 Å². The van der Waals surface area contributed by atoms with Crippen molar-refractivity contribution < 1.29 is 29.7 Å². The van der Waals surface area contributed by atoms with Gasteiger partial charge in [0.15, 0.2) is 0 Å². The Labute approximate surface area is 147 Å². The molecule has 0 aliphatic rings. The Morgan fingerprint density at radius 2 is 1.04 bits per heavy atom. The van der Waals surface area contributed by atoms with Crippen molar-refractivity contribution in [2.45, 2.75) is 54.4 Å². The summed E-state index contributed by atoms with van der Waals surface area (Å²) in [5.41, 5.74) is -1.09. The zero-order valence-electron chi connectivity index (χ0n) is 15.6. The van der Waals surface area contributed by atoms with Crippen molar-refractivity contribution in [3.63, 3.8) is 0 Å². The van der Waals surface area contributed by atoms with E-state index in [1.54, 1.807) is 0 Å². The van der Waals surface area contributed by atoms with Crippen LogP contribution < -0.4 is 0 Å². The predicted molar refractivity (Wildman–Crippen MR) is 93.6 cm³/mol. The first-order chi connectivity index (χ1) is 11.1. The van der Waals surface area contributed by atoms with Crippen molar-refractivity contribution in [2.24, 2.45) is 10.8 Å². The SMILES string of the molecule is CC(C)(C)Cc1c(C(=O)O)cc(C(=O)O)c(CC(C)(C)C)c1C(=O)O. The molecule has 3 N–H and O–H groups in total. The fourth-order valence-corrected chi connectivity index (χ4v) is 2.84. The Hall–Kier alpha value is -2.37. The van der Waals surface area contributed by atoms with Gasteiger partial charge >= 0.3 is 17.9 Å². The Bertz CT molecular complexity index is 665. The quantitative estimate of drug-likeness (QED) is 0.741. The smallest absolute Gasteiger partial charge is 0.336 e. The maximum Gasteiger partial charge on any atom is 0.336 e. The van der Waals surface area contributed by atoms with Gasteiger partial charge in [-0.15, -0.1) is 0 Å². The third-order valence-corrected chi connectivity index (χ3v) is 3.63. The second kappa shape index (κ2) is 6.86. The molecule has 0 bridgehead atoms. The average Bonchev–Trinajstić information content (AvgIpc) is 2.33. The van der Waals surface area contributed by atoms with Crippen molar-refractivity contribution in [3.8, 4) is 0 Å². The molecule has 25 heavy (non-hydrogen) atoms. The number of hydrogen-bond acceptors (Lipinski definition) is 3. The lowest BCUT2D eigenvalue weighted by Gasteiger charge is -2.26. The summed E-state index contributed by atoms with van der Waals surface area (Å²) in [5, 5.41) is 28.8. The van der Waals surface area contributed by atoms with Gasteiger partial charge in [-0.05, 0) is 40.9 Å². The molecule has 0 aliphatic carbocycles. The van der Waals surface area contributed by atoms with Gasteiger partial charge in [-0.1, -0.05) is 41.5 Å². The summed E-state index contributed by atoms with van der Waals surface area (Å²) in [4.78, 5) is 35.3. The van der Waals surface area contributed by atoms with Crippen molar-refractivity contribution in [1.29, 1.82) is 0 Å². The molecule has 0 heterocycles. The van der Waals surface area contributed by atoms with E-state index >= 15 is 0 Å². The Morgan fingerprint density at radius 3 is 1.24 bits per heavy atom. The molecule has 0 amide bonds. The van der Waals surface area contributed by atoms with E-state index in [2.05, 4.69) is 0 Å². The summed E-state index contributed by atoms with van der Waals surface area (Å²) in [6.45, 7) is 11.2. The van der Waals surface area contributed by atoms with Crippen LogP contribution in [0.5, 0.6) is 0 Å². The van der Waals surface area contributed by atoms with Crippen molar-refractivity contribution in [3.05, 3.63) is 33.9 Å². The molecule has 0 saturated carbocycles. The molecule has 0 radical (unpaired) electrons. The fraction of sp³-hybridized carbons (Fsp3) is 0.526. The summed E-state index contributed by atoms with van der Waals surface area (Å²) in [6.07, 6.45) is 0.431. The molecule has 138 valence electrons. The number of hydrogen-bond donors (Lipinski definition) is 3. The van der Waals surface area contributed by atoms with Gasteiger partial charge < -0.3 is 15.3 Å². The standard InChI is InChI=1S/C19H26O6/c1-18(2,3)8-12-10(15(20)21)7-11(16(22)23)13(9-19(4,5)6)14(12)17(24)25/h7H,8-9H2,1-6H3,(H,20,21)(H,22,23)(H,24,25). The number of carboxylic acid groups (broad SMARTS) is 3. The van der Waals surface area contributed by atoms with Gasteiger partial charge in [0.05, 0.1) is 16.7 Å². The molecule has 0 unspecified atom stereocenters. The normalized spacial score (nSPS) is 12.1. The van der Waals surface area contributed by atoms with E-state index in [0.717, 1.165) is 6.07 Å². The van der Waals surface area contributed by atoms with E-state index < -0.39 is 17.9 Å². The van der Waals surface area contributed by atoms with E-state index in [1.165, 1.54) is 0 Å². The molecule has 0 aromatic heterocycles. The second-order valence-corrected chi connectivity index (χ2v) is 8.69. The van der Waals surface area contributed by atoms with Crippen LogP contribution in [0.4, 0.5) is 0 Å². The maximum absolute atomic E-state index is 12.0. The van der Waals surface area contributed by atoms with Crippen molar-refractivity contribution >= 4 is 17.9 Å². The minimum absolute atomic E-state index is 0.178. The Morgan fingerprint density at radius 1 is 0.720 bits per heavy atom. The summed E-state index contributed by atoms with van der Waals surface area (Å²) < 4.78 is 0. The molecule has 1 aromatic rings. The molecule has 6 heteroatoms. The summed E-state index contributed by atoms with van der Waals surface area (Å²) in [6, 6.07) is 1.10. The molecule has 0 spiro atoms. The predicted octanol–water partition coefficient (Wildman–Crippen LogP) is 3.96. The van der Waals surface area contributed by atoms with Gasteiger partial charge in [-0.3, -0.25) is 0 Å². The molecule has 0 atom stereocenters. The van der Waals surface area contributed by atoms with Gasteiger partial charge in [0.25, 0.3) is 0 Å². The number of aromatic carboxylic acids is 3. The van der Waals surface area contributed by atoms with Crippen molar-refractivity contribution in [2.75, 3.05) is 0 Å². The average molecular weight is 350 g/mol. The molecular formula is C19H26O6. The van der Waals surface area contributed by atoms with Gasteiger partial charge in [-0.25, -0.2) is 14.4 Å². The topological polar surface area (TPSA) is 112 Å². The van der Waals surface area contributed by atoms with Gasteiger partial charge in [-0.2, -0.15) is 0 Å². The first kappa shape index (κ1) is 20.7. The molecule has 1 aromatic carbocycles. The zero-order valence-corrected chi connectivity index (χ0v) is 15.6. The number of carboxylic acids is 3. The summed E-state index contributed by atoms with van der Waals surface area (Å²) >= 11 is 0. The van der Waals surface area contributed by atoms with E-state index in [0.29, 0.717) is 0 Å². The Balaban J connectivity index is 3.97. The lowest BCUT2D eigenvalue weighted by molar-refractivity contribution is 0.0693. The molecule has 0 saturated heterocycles. The highest BCUT2D eigenvalue weighted by molar-refractivity contribution is 6.03. The van der Waals surface area contributed by atoms with Crippen LogP contribution in [0.3, 0.4) is 0 Å². The van der Waals surface area contributed by atoms with Crippen LogP contribution in [0.25, 0.3) is 0 Å². The van der Waals surface area contributed by atoms with Crippen LogP contribution in [0.2, 0.25) is 0 Å². The minimum atomic E-state index is -1.33. The van der Waals surface area contributed by atoms with Gasteiger partial charge in [0.1, 0.15) is 0 Å². The number of rotatable bonds is 5. The van der Waals surface area contributed by atoms with Crippen LogP contribution in [-0.2, 0) is 12.8 Å². The molecular weight excluding hydrogens is 324 g/mol. The highest BCUT2D eigenvalue weighted by Gasteiger charge is 2.31. The summed E-state index contributed by atoms with van der Waals surface area (Å²) in [7, 11) is 0. The lowest BCUT2D eigenvalue weighted by atomic mass is 9.77. The molecule has 1 rings (SSSR count).